The second-order valence-electron chi connectivity index (χ2n) is 7.73. The number of aromatic nitrogens is 2. The van der Waals surface area contributed by atoms with Gasteiger partial charge in [-0.2, -0.15) is 0 Å². The highest BCUT2D eigenvalue weighted by molar-refractivity contribution is 7.99. The lowest BCUT2D eigenvalue weighted by Gasteiger charge is -2.37. The molecule has 31 heavy (non-hydrogen) atoms. The van der Waals surface area contributed by atoms with Crippen LogP contribution in [0.5, 0.6) is 0 Å². The number of thioether (sulfide) groups is 1. The van der Waals surface area contributed by atoms with Crippen LogP contribution >= 0.6 is 35.0 Å². The summed E-state index contributed by atoms with van der Waals surface area (Å²) in [7, 11) is 2.08. The Labute approximate surface area is 197 Å². The lowest BCUT2D eigenvalue weighted by atomic mass is 10.2. The van der Waals surface area contributed by atoms with Crippen molar-refractivity contribution in [3.8, 4) is 0 Å². The van der Waals surface area contributed by atoms with E-state index in [1.807, 2.05) is 29.2 Å². The molecular formula is C21H26Cl2N6OS. The first-order chi connectivity index (χ1) is 15.0. The number of carbonyl (C=O) groups is 1. The van der Waals surface area contributed by atoms with E-state index in [-0.39, 0.29) is 5.91 Å². The molecule has 0 N–H and O–H groups in total. The Morgan fingerprint density at radius 1 is 0.968 bits per heavy atom. The number of hydrogen-bond acceptors (Lipinski definition) is 7. The molecule has 2 fully saturated rings. The van der Waals surface area contributed by atoms with E-state index in [4.69, 9.17) is 23.2 Å². The summed E-state index contributed by atoms with van der Waals surface area (Å²) in [6.45, 7) is 6.67. The molecule has 0 radical (unpaired) electrons. The number of piperazine rings is 2. The van der Waals surface area contributed by atoms with E-state index >= 15 is 0 Å². The van der Waals surface area contributed by atoms with Crippen LogP contribution in [0.15, 0.2) is 35.5 Å². The maximum Gasteiger partial charge on any atom is 0.233 e. The Balaban J connectivity index is 1.35. The van der Waals surface area contributed by atoms with E-state index in [1.54, 1.807) is 6.07 Å². The van der Waals surface area contributed by atoms with Gasteiger partial charge < -0.3 is 19.6 Å². The highest BCUT2D eigenvalue weighted by atomic mass is 35.5. The molecule has 2 aromatic rings. The number of hydrogen-bond donors (Lipinski definition) is 0. The maximum atomic E-state index is 12.5. The molecule has 0 aliphatic carbocycles. The van der Waals surface area contributed by atoms with Crippen LogP contribution in [0.4, 0.5) is 11.5 Å². The Kier molecular flexibility index (Phi) is 7.43. The molecule has 7 nitrogen and oxygen atoms in total. The number of benzene rings is 1. The SMILES string of the molecule is CN1CCN(C(=O)CSc2nc(Cl)cc(N3CCN(c4ccccc4Cl)CC3)n2)CC1. The zero-order valence-electron chi connectivity index (χ0n) is 17.5. The van der Waals surface area contributed by atoms with Crippen LogP contribution in [-0.4, -0.2) is 90.8 Å². The molecule has 3 heterocycles. The molecule has 1 aromatic carbocycles. The second kappa shape index (κ2) is 10.3. The van der Waals surface area contributed by atoms with Crippen molar-refractivity contribution < 1.29 is 4.79 Å². The number of carbonyl (C=O) groups excluding carboxylic acids is 1. The standard InChI is InChI=1S/C21H26Cl2N6OS/c1-26-6-8-29(9-7-26)20(30)15-31-21-24-18(23)14-19(25-21)28-12-10-27(11-13-28)17-5-3-2-4-16(17)22/h2-5,14H,6-13,15H2,1H3. The first-order valence-electron chi connectivity index (χ1n) is 10.4. The molecule has 1 amide bonds. The summed E-state index contributed by atoms with van der Waals surface area (Å²) in [6.07, 6.45) is 0. The van der Waals surface area contributed by atoms with E-state index in [0.29, 0.717) is 16.1 Å². The highest BCUT2D eigenvalue weighted by Crippen LogP contribution is 2.28. The largest absolute Gasteiger partial charge is 0.367 e. The lowest BCUT2D eigenvalue weighted by molar-refractivity contribution is -0.129. The molecule has 10 heteroatoms. The van der Waals surface area contributed by atoms with Gasteiger partial charge in [0.15, 0.2) is 5.16 Å². The summed E-state index contributed by atoms with van der Waals surface area (Å²) in [5, 5.41) is 1.70. The third-order valence-corrected chi connectivity index (χ3v) is 6.98. The summed E-state index contributed by atoms with van der Waals surface area (Å²) in [5.74, 6) is 1.24. The fraction of sp³-hybridized carbons (Fsp3) is 0.476. The Morgan fingerprint density at radius 3 is 2.35 bits per heavy atom. The third kappa shape index (κ3) is 5.74. The predicted octanol–water partition coefficient (Wildman–Crippen LogP) is 2.98. The van der Waals surface area contributed by atoms with Gasteiger partial charge in [0.2, 0.25) is 5.91 Å². The number of halogens is 2. The highest BCUT2D eigenvalue weighted by Gasteiger charge is 2.22. The molecule has 2 aliphatic rings. The van der Waals surface area contributed by atoms with Gasteiger partial charge >= 0.3 is 0 Å². The van der Waals surface area contributed by atoms with Gasteiger partial charge in [0.25, 0.3) is 0 Å². The summed E-state index contributed by atoms with van der Waals surface area (Å²) in [4.78, 5) is 30.1. The topological polar surface area (TPSA) is 55.8 Å². The zero-order chi connectivity index (χ0) is 21.8. The predicted molar refractivity (Wildman–Crippen MR) is 128 cm³/mol. The molecule has 2 saturated heterocycles. The van der Waals surface area contributed by atoms with Crippen LogP contribution in [-0.2, 0) is 4.79 Å². The van der Waals surface area contributed by atoms with Crippen molar-refractivity contribution >= 4 is 52.4 Å². The molecule has 166 valence electrons. The van der Waals surface area contributed by atoms with Gasteiger partial charge in [0, 0.05) is 58.4 Å². The van der Waals surface area contributed by atoms with Crippen molar-refractivity contribution in [3.63, 3.8) is 0 Å². The number of likely N-dealkylation sites (N-methyl/N-ethyl adjacent to an activating group) is 1. The van der Waals surface area contributed by atoms with Crippen molar-refractivity contribution in [2.24, 2.45) is 0 Å². The molecule has 0 unspecified atom stereocenters. The van der Waals surface area contributed by atoms with Crippen LogP contribution in [0.3, 0.4) is 0 Å². The first kappa shape index (κ1) is 22.5. The van der Waals surface area contributed by atoms with Gasteiger partial charge in [-0.05, 0) is 19.2 Å². The van der Waals surface area contributed by atoms with E-state index < -0.39 is 0 Å². The van der Waals surface area contributed by atoms with Crippen LogP contribution < -0.4 is 9.80 Å². The fourth-order valence-corrected chi connectivity index (χ4v) is 5.01. The van der Waals surface area contributed by atoms with Crippen molar-refractivity contribution in [2.75, 3.05) is 75.0 Å². The first-order valence-corrected chi connectivity index (χ1v) is 12.1. The maximum absolute atomic E-state index is 12.5. The lowest BCUT2D eigenvalue weighted by Crippen LogP contribution is -2.47. The van der Waals surface area contributed by atoms with Crippen molar-refractivity contribution in [1.82, 2.24) is 19.8 Å². The summed E-state index contributed by atoms with van der Waals surface area (Å²) in [6, 6.07) is 9.70. The summed E-state index contributed by atoms with van der Waals surface area (Å²) in [5.41, 5.74) is 1.06. The van der Waals surface area contributed by atoms with Gasteiger partial charge in [-0.15, -0.1) is 0 Å². The van der Waals surface area contributed by atoms with Crippen molar-refractivity contribution in [2.45, 2.75) is 5.16 Å². The van der Waals surface area contributed by atoms with Crippen molar-refractivity contribution in [3.05, 3.63) is 40.5 Å². The zero-order valence-corrected chi connectivity index (χ0v) is 19.8. The molecule has 0 bridgehead atoms. The van der Waals surface area contributed by atoms with Crippen LogP contribution in [0.25, 0.3) is 0 Å². The average Bonchev–Trinajstić information content (AvgIpc) is 2.78. The number of nitrogens with zero attached hydrogens (tertiary/aromatic N) is 6. The molecule has 0 spiro atoms. The average molecular weight is 481 g/mol. The van der Waals surface area contributed by atoms with E-state index in [2.05, 4.69) is 31.7 Å². The molecule has 0 atom stereocenters. The third-order valence-electron chi connectivity index (χ3n) is 5.64. The summed E-state index contributed by atoms with van der Waals surface area (Å²) >= 11 is 14.0. The summed E-state index contributed by atoms with van der Waals surface area (Å²) < 4.78 is 0. The van der Waals surface area contributed by atoms with Gasteiger partial charge in [-0.1, -0.05) is 47.1 Å². The Morgan fingerprint density at radius 2 is 1.65 bits per heavy atom. The minimum Gasteiger partial charge on any atom is -0.367 e. The number of para-hydroxylation sites is 1. The Bertz CT molecular complexity index is 916. The van der Waals surface area contributed by atoms with Crippen molar-refractivity contribution in [1.29, 1.82) is 0 Å². The van der Waals surface area contributed by atoms with E-state index in [0.717, 1.165) is 68.9 Å². The number of anilines is 2. The van der Waals surface area contributed by atoms with Gasteiger partial charge in [0.05, 0.1) is 16.5 Å². The smallest absolute Gasteiger partial charge is 0.233 e. The van der Waals surface area contributed by atoms with Gasteiger partial charge in [-0.25, -0.2) is 9.97 Å². The van der Waals surface area contributed by atoms with Crippen LogP contribution in [0.1, 0.15) is 0 Å². The van der Waals surface area contributed by atoms with Crippen LogP contribution in [0, 0.1) is 0 Å². The van der Waals surface area contributed by atoms with E-state index in [1.165, 1.54) is 11.8 Å². The van der Waals surface area contributed by atoms with Gasteiger partial charge in [-0.3, -0.25) is 4.79 Å². The second-order valence-corrected chi connectivity index (χ2v) is 9.47. The minimum absolute atomic E-state index is 0.122. The fourth-order valence-electron chi connectivity index (χ4n) is 3.77. The number of amides is 1. The normalized spacial score (nSPS) is 17.8. The minimum atomic E-state index is 0.122. The molecule has 1 aromatic heterocycles. The number of rotatable bonds is 5. The molecule has 0 saturated carbocycles. The molecule has 4 rings (SSSR count). The molecule has 2 aliphatic heterocycles. The Hall–Kier alpha value is -1.74. The van der Waals surface area contributed by atoms with E-state index in [9.17, 15) is 4.79 Å². The van der Waals surface area contributed by atoms with Crippen LogP contribution in [0.2, 0.25) is 10.2 Å². The quantitative estimate of drug-likeness (QED) is 0.370. The molecular weight excluding hydrogens is 455 g/mol. The monoisotopic (exact) mass is 480 g/mol. The van der Waals surface area contributed by atoms with Gasteiger partial charge in [0.1, 0.15) is 11.0 Å².